The third kappa shape index (κ3) is 2.75. The number of nitrogen functional groups attached to an aromatic ring is 1. The molecule has 1 aromatic carbocycles. The highest BCUT2D eigenvalue weighted by atomic mass is 32.2. The molecule has 0 spiro atoms. The zero-order valence-corrected chi connectivity index (χ0v) is 10.8. The van der Waals surface area contributed by atoms with Crippen molar-refractivity contribution in [2.45, 2.75) is 11.4 Å². The molecular weight excluding hydrogens is 288 g/mol. The van der Waals surface area contributed by atoms with Crippen molar-refractivity contribution in [3.63, 3.8) is 0 Å². The molecule has 0 radical (unpaired) electrons. The van der Waals surface area contributed by atoms with E-state index < -0.39 is 25.5 Å². The maximum absolute atomic E-state index is 12.1. The number of nitrogens with one attached hydrogen (secondary N) is 1. The molecule has 20 heavy (non-hydrogen) atoms. The lowest BCUT2D eigenvalue weighted by Gasteiger charge is -2.07. The van der Waals surface area contributed by atoms with Gasteiger partial charge in [0, 0.05) is 6.07 Å². The van der Waals surface area contributed by atoms with Gasteiger partial charge in [0.1, 0.15) is 12.0 Å². The Hall–Kier alpha value is -2.46. The number of aromatic nitrogens is 1. The minimum atomic E-state index is -4.09. The first-order valence-corrected chi connectivity index (χ1v) is 6.82. The lowest BCUT2D eigenvalue weighted by atomic mass is 10.3. The molecule has 0 saturated carbocycles. The first-order valence-electron chi connectivity index (χ1n) is 5.33. The SMILES string of the molecule is Nc1cccc(S(=O)(=O)NCc2ccon2)c1[N+](=O)[O-]. The summed E-state index contributed by atoms with van der Waals surface area (Å²) in [7, 11) is -4.09. The highest BCUT2D eigenvalue weighted by molar-refractivity contribution is 7.89. The molecule has 2 aromatic rings. The van der Waals surface area contributed by atoms with Crippen LogP contribution in [0.4, 0.5) is 11.4 Å². The predicted octanol–water partition coefficient (Wildman–Crippen LogP) is 0.644. The summed E-state index contributed by atoms with van der Waals surface area (Å²) >= 11 is 0. The van der Waals surface area contributed by atoms with E-state index in [-0.39, 0.29) is 12.2 Å². The van der Waals surface area contributed by atoms with Crippen LogP contribution in [0.3, 0.4) is 0 Å². The number of sulfonamides is 1. The topological polar surface area (TPSA) is 141 Å². The van der Waals surface area contributed by atoms with Gasteiger partial charge in [0.25, 0.3) is 0 Å². The summed E-state index contributed by atoms with van der Waals surface area (Å²) in [4.78, 5) is 9.60. The Morgan fingerprint density at radius 2 is 2.15 bits per heavy atom. The Bertz CT molecular complexity index is 726. The quantitative estimate of drug-likeness (QED) is 0.468. The van der Waals surface area contributed by atoms with Crippen molar-refractivity contribution >= 4 is 21.4 Å². The fourth-order valence-corrected chi connectivity index (χ4v) is 2.73. The van der Waals surface area contributed by atoms with Gasteiger partial charge in [0.15, 0.2) is 4.90 Å². The van der Waals surface area contributed by atoms with E-state index in [9.17, 15) is 18.5 Å². The lowest BCUT2D eigenvalue weighted by Crippen LogP contribution is -2.24. The van der Waals surface area contributed by atoms with Crippen molar-refractivity contribution in [2.24, 2.45) is 0 Å². The standard InChI is InChI=1S/C10H10N4O5S/c11-8-2-1-3-9(10(8)14(15)16)20(17,18)12-6-7-4-5-19-13-7/h1-5,12H,6,11H2. The van der Waals surface area contributed by atoms with E-state index in [0.717, 1.165) is 6.07 Å². The Kier molecular flexibility index (Phi) is 3.68. The lowest BCUT2D eigenvalue weighted by molar-refractivity contribution is -0.386. The number of benzene rings is 1. The van der Waals surface area contributed by atoms with Crippen LogP contribution in [-0.2, 0) is 16.6 Å². The average Bonchev–Trinajstić information content (AvgIpc) is 2.89. The van der Waals surface area contributed by atoms with Gasteiger partial charge in [-0.05, 0) is 12.1 Å². The van der Waals surface area contributed by atoms with Crippen LogP contribution in [0.2, 0.25) is 0 Å². The minimum absolute atomic E-state index is 0.148. The van der Waals surface area contributed by atoms with Crippen molar-refractivity contribution < 1.29 is 17.9 Å². The van der Waals surface area contributed by atoms with Gasteiger partial charge < -0.3 is 10.3 Å². The zero-order valence-electron chi connectivity index (χ0n) is 10.0. The summed E-state index contributed by atoms with van der Waals surface area (Å²) < 4.78 is 30.9. The van der Waals surface area contributed by atoms with Crippen molar-refractivity contribution in [3.8, 4) is 0 Å². The van der Waals surface area contributed by atoms with Crippen LogP contribution in [0.15, 0.2) is 39.9 Å². The maximum Gasteiger partial charge on any atom is 0.312 e. The molecule has 9 nitrogen and oxygen atoms in total. The summed E-state index contributed by atoms with van der Waals surface area (Å²) in [6.07, 6.45) is 1.28. The molecule has 0 amide bonds. The molecule has 0 aliphatic heterocycles. The normalized spacial score (nSPS) is 11.4. The number of para-hydroxylation sites is 1. The second kappa shape index (κ2) is 5.27. The Morgan fingerprint density at radius 1 is 1.40 bits per heavy atom. The number of nitrogens with two attached hydrogens (primary N) is 1. The van der Waals surface area contributed by atoms with E-state index >= 15 is 0 Å². The smallest absolute Gasteiger partial charge is 0.312 e. The van der Waals surface area contributed by atoms with E-state index in [0.29, 0.717) is 5.69 Å². The van der Waals surface area contributed by atoms with Gasteiger partial charge in [-0.3, -0.25) is 10.1 Å². The molecule has 0 unspecified atom stereocenters. The molecule has 10 heteroatoms. The molecule has 106 valence electrons. The fraction of sp³-hybridized carbons (Fsp3) is 0.100. The molecule has 0 aliphatic carbocycles. The van der Waals surface area contributed by atoms with Gasteiger partial charge in [-0.2, -0.15) is 0 Å². The van der Waals surface area contributed by atoms with Crippen LogP contribution in [0.5, 0.6) is 0 Å². The Balaban J connectivity index is 2.34. The number of hydrogen-bond acceptors (Lipinski definition) is 7. The average molecular weight is 298 g/mol. The van der Waals surface area contributed by atoms with Gasteiger partial charge in [0.2, 0.25) is 10.0 Å². The number of nitro groups is 1. The molecule has 2 rings (SSSR count). The maximum atomic E-state index is 12.1. The van der Waals surface area contributed by atoms with E-state index in [4.69, 9.17) is 5.73 Å². The number of hydrogen-bond donors (Lipinski definition) is 2. The van der Waals surface area contributed by atoms with E-state index in [1.807, 2.05) is 0 Å². The molecule has 0 saturated heterocycles. The summed E-state index contributed by atoms with van der Waals surface area (Å²) in [6.45, 7) is -0.148. The number of nitrogens with zero attached hydrogens (tertiary/aromatic N) is 2. The highest BCUT2D eigenvalue weighted by Crippen LogP contribution is 2.29. The van der Waals surface area contributed by atoms with Crippen molar-refractivity contribution in [1.82, 2.24) is 9.88 Å². The third-order valence-electron chi connectivity index (χ3n) is 2.44. The molecule has 1 heterocycles. The molecule has 0 bridgehead atoms. The van der Waals surface area contributed by atoms with Gasteiger partial charge >= 0.3 is 5.69 Å². The Morgan fingerprint density at radius 3 is 2.75 bits per heavy atom. The third-order valence-corrected chi connectivity index (χ3v) is 3.87. The molecule has 0 fully saturated rings. The van der Waals surface area contributed by atoms with Crippen molar-refractivity contribution in [1.29, 1.82) is 0 Å². The second-order valence-corrected chi connectivity index (χ2v) is 5.50. The zero-order chi connectivity index (χ0) is 14.8. The minimum Gasteiger partial charge on any atom is -0.393 e. The van der Waals surface area contributed by atoms with Crippen molar-refractivity contribution in [3.05, 3.63) is 46.3 Å². The van der Waals surface area contributed by atoms with Crippen LogP contribution in [0, 0.1) is 10.1 Å². The second-order valence-electron chi connectivity index (χ2n) is 3.77. The van der Waals surface area contributed by atoms with Crippen LogP contribution in [-0.4, -0.2) is 18.5 Å². The van der Waals surface area contributed by atoms with E-state index in [1.165, 1.54) is 24.5 Å². The first-order chi connectivity index (χ1) is 9.42. The summed E-state index contributed by atoms with van der Waals surface area (Å²) in [6, 6.07) is 5.16. The Labute approximate surface area is 113 Å². The number of rotatable bonds is 5. The predicted molar refractivity (Wildman–Crippen MR) is 68.0 cm³/mol. The molecular formula is C10H10N4O5S. The van der Waals surface area contributed by atoms with Gasteiger partial charge in [-0.1, -0.05) is 11.2 Å². The number of anilines is 1. The van der Waals surface area contributed by atoms with Crippen LogP contribution < -0.4 is 10.5 Å². The molecule has 1 aromatic heterocycles. The molecule has 0 atom stereocenters. The first kappa shape index (κ1) is 14.0. The van der Waals surface area contributed by atoms with Crippen LogP contribution in [0.1, 0.15) is 5.69 Å². The van der Waals surface area contributed by atoms with E-state index in [1.54, 1.807) is 0 Å². The summed E-state index contributed by atoms with van der Waals surface area (Å²) in [5.74, 6) is 0. The molecule has 3 N–H and O–H groups in total. The molecule has 0 aliphatic rings. The van der Waals surface area contributed by atoms with Crippen molar-refractivity contribution in [2.75, 3.05) is 5.73 Å². The van der Waals surface area contributed by atoms with Gasteiger partial charge in [-0.15, -0.1) is 0 Å². The summed E-state index contributed by atoms with van der Waals surface area (Å²) in [5, 5.41) is 14.5. The van der Waals surface area contributed by atoms with Crippen LogP contribution in [0.25, 0.3) is 0 Å². The highest BCUT2D eigenvalue weighted by Gasteiger charge is 2.27. The monoisotopic (exact) mass is 298 g/mol. The number of nitro benzene ring substituents is 1. The fourth-order valence-electron chi connectivity index (χ4n) is 1.53. The van der Waals surface area contributed by atoms with E-state index in [2.05, 4.69) is 14.4 Å². The summed E-state index contributed by atoms with van der Waals surface area (Å²) in [5.41, 5.74) is 4.92. The van der Waals surface area contributed by atoms with Gasteiger partial charge in [0.05, 0.1) is 17.2 Å². The van der Waals surface area contributed by atoms with Gasteiger partial charge in [-0.25, -0.2) is 13.1 Å². The largest absolute Gasteiger partial charge is 0.393 e. The van der Waals surface area contributed by atoms with Crippen LogP contribution >= 0.6 is 0 Å².